The van der Waals surface area contributed by atoms with Gasteiger partial charge in [0.25, 0.3) is 0 Å². The van der Waals surface area contributed by atoms with Crippen molar-refractivity contribution in [2.24, 2.45) is 5.73 Å². The Kier molecular flexibility index (Phi) is 6.78. The van der Waals surface area contributed by atoms with Crippen LogP contribution < -0.4 is 5.73 Å². The zero-order valence-electron chi connectivity index (χ0n) is 7.68. The first-order valence-corrected chi connectivity index (χ1v) is 4.02. The van der Waals surface area contributed by atoms with E-state index in [4.69, 9.17) is 10.8 Å². The third-order valence-corrected chi connectivity index (χ3v) is 1.49. The number of hydrogen-bond acceptors (Lipinski definition) is 3. The van der Waals surface area contributed by atoms with Gasteiger partial charge in [0, 0.05) is 7.11 Å². The normalized spacial score (nSPS) is 11.0. The van der Waals surface area contributed by atoms with Gasteiger partial charge in [0.1, 0.15) is 6.29 Å². The topological polar surface area (TPSA) is 63.3 Å². The van der Waals surface area contributed by atoms with Crippen LogP contribution in [0.25, 0.3) is 0 Å². The number of aliphatic hydroxyl groups excluding tert-OH is 1. The molecule has 0 radical (unpaired) electrons. The highest BCUT2D eigenvalue weighted by Crippen LogP contribution is 1.99. The lowest BCUT2D eigenvalue weighted by Crippen LogP contribution is -2.23. The second-order valence-corrected chi connectivity index (χ2v) is 2.49. The Morgan fingerprint density at radius 1 is 1.38 bits per heavy atom. The number of benzene rings is 1. The van der Waals surface area contributed by atoms with E-state index >= 15 is 0 Å². The second-order valence-electron chi connectivity index (χ2n) is 2.49. The largest absolute Gasteiger partial charge is 0.400 e. The van der Waals surface area contributed by atoms with E-state index in [1.165, 1.54) is 0 Å². The van der Waals surface area contributed by atoms with Crippen LogP contribution in [0.15, 0.2) is 30.3 Å². The highest BCUT2D eigenvalue weighted by Gasteiger charge is 1.99. The molecular weight excluding hydrogens is 166 g/mol. The van der Waals surface area contributed by atoms with E-state index < -0.39 is 0 Å². The van der Waals surface area contributed by atoms with Crippen LogP contribution in [0.2, 0.25) is 0 Å². The number of nitrogens with two attached hydrogens (primary N) is 1. The number of carbonyl (C=O) groups is 1. The number of hydrogen-bond donors (Lipinski definition) is 2. The summed E-state index contributed by atoms with van der Waals surface area (Å²) in [5, 5.41) is 7.00. The van der Waals surface area contributed by atoms with E-state index in [1.807, 2.05) is 30.3 Å². The Bertz CT molecular complexity index is 224. The van der Waals surface area contributed by atoms with Crippen LogP contribution in [0.1, 0.15) is 5.56 Å². The number of aldehydes is 1. The molecule has 3 nitrogen and oxygen atoms in total. The number of carbonyl (C=O) groups excluding carboxylic acids is 1. The van der Waals surface area contributed by atoms with Crippen molar-refractivity contribution in [3.8, 4) is 0 Å². The molecule has 0 bridgehead atoms. The minimum Gasteiger partial charge on any atom is -0.400 e. The summed E-state index contributed by atoms with van der Waals surface area (Å²) >= 11 is 0. The van der Waals surface area contributed by atoms with Crippen molar-refractivity contribution in [1.82, 2.24) is 0 Å². The van der Waals surface area contributed by atoms with Gasteiger partial charge in [0.05, 0.1) is 6.04 Å². The molecule has 0 spiro atoms. The van der Waals surface area contributed by atoms with Gasteiger partial charge >= 0.3 is 0 Å². The lowest BCUT2D eigenvalue weighted by Gasteiger charge is -2.02. The molecule has 0 fully saturated rings. The molecule has 0 aliphatic rings. The summed E-state index contributed by atoms with van der Waals surface area (Å²) in [6, 6.07) is 9.37. The summed E-state index contributed by atoms with van der Waals surface area (Å²) in [6.07, 6.45) is 1.40. The van der Waals surface area contributed by atoms with Crippen LogP contribution in [-0.4, -0.2) is 24.5 Å². The quantitative estimate of drug-likeness (QED) is 0.662. The fourth-order valence-corrected chi connectivity index (χ4v) is 0.934. The van der Waals surface area contributed by atoms with Gasteiger partial charge in [-0.1, -0.05) is 30.3 Å². The number of rotatable bonds is 3. The lowest BCUT2D eigenvalue weighted by molar-refractivity contribution is -0.108. The van der Waals surface area contributed by atoms with Gasteiger partial charge in [-0.3, -0.25) is 0 Å². The monoisotopic (exact) mass is 181 g/mol. The molecule has 0 saturated carbocycles. The minimum atomic E-state index is -0.364. The van der Waals surface area contributed by atoms with Crippen LogP contribution >= 0.6 is 0 Å². The Morgan fingerprint density at radius 3 is 2.38 bits per heavy atom. The molecule has 0 aliphatic heterocycles. The van der Waals surface area contributed by atoms with E-state index in [1.54, 1.807) is 0 Å². The molecule has 0 heterocycles. The van der Waals surface area contributed by atoms with Crippen LogP contribution in [0.3, 0.4) is 0 Å². The highest BCUT2D eigenvalue weighted by molar-refractivity contribution is 5.57. The molecule has 0 saturated heterocycles. The first-order chi connectivity index (χ1) is 6.33. The highest BCUT2D eigenvalue weighted by atomic mass is 16.2. The molecule has 1 atom stereocenters. The standard InChI is InChI=1S/C9H11NO.CH4O/c10-9(7-11)6-8-4-2-1-3-5-8;1-2/h1-5,7,9H,6,10H2;2H,1H3. The third kappa shape index (κ3) is 5.11. The zero-order valence-corrected chi connectivity index (χ0v) is 7.68. The summed E-state index contributed by atoms with van der Waals surface area (Å²) in [7, 11) is 1.00. The fraction of sp³-hybridized carbons (Fsp3) is 0.300. The van der Waals surface area contributed by atoms with E-state index in [0.717, 1.165) is 19.0 Å². The van der Waals surface area contributed by atoms with Crippen LogP contribution in [0.5, 0.6) is 0 Å². The van der Waals surface area contributed by atoms with E-state index in [-0.39, 0.29) is 6.04 Å². The first kappa shape index (κ1) is 11.8. The minimum absolute atomic E-state index is 0.364. The molecule has 1 aromatic carbocycles. The van der Waals surface area contributed by atoms with Gasteiger partial charge in [-0.15, -0.1) is 0 Å². The number of aliphatic hydroxyl groups is 1. The van der Waals surface area contributed by atoms with Crippen molar-refractivity contribution in [1.29, 1.82) is 0 Å². The first-order valence-electron chi connectivity index (χ1n) is 4.02. The molecule has 1 rings (SSSR count). The molecule has 0 aliphatic carbocycles. The smallest absolute Gasteiger partial charge is 0.137 e. The maximum atomic E-state index is 10.2. The zero-order chi connectivity index (χ0) is 10.1. The molecule has 0 aromatic heterocycles. The fourth-order valence-electron chi connectivity index (χ4n) is 0.934. The maximum absolute atomic E-state index is 10.2. The molecule has 3 N–H and O–H groups in total. The Labute approximate surface area is 78.2 Å². The second kappa shape index (κ2) is 7.46. The Hall–Kier alpha value is -1.19. The van der Waals surface area contributed by atoms with Crippen molar-refractivity contribution < 1.29 is 9.90 Å². The predicted octanol–water partition coefficient (Wildman–Crippen LogP) is 0.364. The van der Waals surface area contributed by atoms with Crippen molar-refractivity contribution in [2.75, 3.05) is 7.11 Å². The van der Waals surface area contributed by atoms with E-state index in [9.17, 15) is 4.79 Å². The molecule has 13 heavy (non-hydrogen) atoms. The average molecular weight is 181 g/mol. The molecule has 1 aromatic rings. The van der Waals surface area contributed by atoms with Crippen LogP contribution in [0.4, 0.5) is 0 Å². The molecule has 0 amide bonds. The summed E-state index contributed by atoms with van der Waals surface area (Å²) in [4.78, 5) is 10.2. The van der Waals surface area contributed by atoms with Crippen LogP contribution in [0, 0.1) is 0 Å². The Balaban J connectivity index is 0.000000671. The van der Waals surface area contributed by atoms with Crippen LogP contribution in [-0.2, 0) is 11.2 Å². The summed E-state index contributed by atoms with van der Waals surface area (Å²) < 4.78 is 0. The SMILES string of the molecule is CO.NC(C=O)Cc1ccccc1. The summed E-state index contributed by atoms with van der Waals surface area (Å²) in [5.41, 5.74) is 6.54. The molecule has 72 valence electrons. The summed E-state index contributed by atoms with van der Waals surface area (Å²) in [6.45, 7) is 0. The average Bonchev–Trinajstić information content (AvgIpc) is 2.22. The van der Waals surface area contributed by atoms with E-state index in [2.05, 4.69) is 0 Å². The van der Waals surface area contributed by atoms with Gasteiger partial charge < -0.3 is 15.6 Å². The van der Waals surface area contributed by atoms with Gasteiger partial charge in [0.2, 0.25) is 0 Å². The molecular formula is C10H15NO2. The maximum Gasteiger partial charge on any atom is 0.137 e. The van der Waals surface area contributed by atoms with Gasteiger partial charge in [-0.25, -0.2) is 0 Å². The van der Waals surface area contributed by atoms with Crippen molar-refractivity contribution >= 4 is 6.29 Å². The van der Waals surface area contributed by atoms with E-state index in [0.29, 0.717) is 6.42 Å². The Morgan fingerprint density at radius 2 is 1.92 bits per heavy atom. The predicted molar refractivity (Wildman–Crippen MR) is 52.3 cm³/mol. The van der Waals surface area contributed by atoms with Gasteiger partial charge in [0.15, 0.2) is 0 Å². The molecule has 1 unspecified atom stereocenters. The summed E-state index contributed by atoms with van der Waals surface area (Å²) in [5.74, 6) is 0. The van der Waals surface area contributed by atoms with Gasteiger partial charge in [-0.2, -0.15) is 0 Å². The molecule has 3 heteroatoms. The van der Waals surface area contributed by atoms with Crippen molar-refractivity contribution in [2.45, 2.75) is 12.5 Å². The third-order valence-electron chi connectivity index (χ3n) is 1.49. The van der Waals surface area contributed by atoms with Crippen molar-refractivity contribution in [3.05, 3.63) is 35.9 Å². The van der Waals surface area contributed by atoms with Crippen molar-refractivity contribution in [3.63, 3.8) is 0 Å². The van der Waals surface area contributed by atoms with Gasteiger partial charge in [-0.05, 0) is 12.0 Å². The lowest BCUT2D eigenvalue weighted by atomic mass is 10.1.